The van der Waals surface area contributed by atoms with Gasteiger partial charge in [-0.25, -0.2) is 9.59 Å². The van der Waals surface area contributed by atoms with Gasteiger partial charge in [-0.1, -0.05) is 43.4 Å². The van der Waals surface area contributed by atoms with Crippen molar-refractivity contribution < 1.29 is 14.7 Å². The minimum absolute atomic E-state index is 0.0925. The Hall–Kier alpha value is -1.75. The van der Waals surface area contributed by atoms with Crippen LogP contribution in [-0.4, -0.2) is 23.7 Å². The molecule has 114 valence electrons. The third-order valence-corrected chi connectivity index (χ3v) is 4.10. The molecule has 1 saturated carbocycles. The molecule has 0 spiro atoms. The molecule has 0 aliphatic heterocycles. The molecule has 0 saturated heterocycles. The summed E-state index contributed by atoms with van der Waals surface area (Å²) in [6.45, 7) is 0.597. The Morgan fingerprint density at radius 2 is 2.00 bits per heavy atom. The normalized spacial score (nSPS) is 14.9. The highest BCUT2D eigenvalue weighted by Crippen LogP contribution is 2.27. The second-order valence-corrected chi connectivity index (χ2v) is 5.69. The van der Waals surface area contributed by atoms with Crippen LogP contribution in [0, 0.1) is 5.92 Å². The van der Waals surface area contributed by atoms with E-state index in [0.29, 0.717) is 12.5 Å². The Morgan fingerprint density at radius 1 is 1.29 bits per heavy atom. The molecule has 0 radical (unpaired) electrons. The molecular formula is C15H19ClN2O3. The van der Waals surface area contributed by atoms with Crippen LogP contribution in [0.3, 0.4) is 0 Å². The van der Waals surface area contributed by atoms with Gasteiger partial charge in [-0.15, -0.1) is 0 Å². The number of hydrogen-bond donors (Lipinski definition) is 3. The molecule has 6 heteroatoms. The van der Waals surface area contributed by atoms with Gasteiger partial charge in [-0.05, 0) is 24.5 Å². The lowest BCUT2D eigenvalue weighted by molar-refractivity contribution is 0.0698. The maximum absolute atomic E-state index is 11.8. The van der Waals surface area contributed by atoms with E-state index in [2.05, 4.69) is 10.6 Å². The molecule has 1 aliphatic rings. The van der Waals surface area contributed by atoms with Crippen LogP contribution in [0.15, 0.2) is 18.2 Å². The molecule has 1 fully saturated rings. The number of carbonyl (C=O) groups is 2. The number of carboxylic acid groups (broad SMARTS) is 1. The molecule has 0 heterocycles. The van der Waals surface area contributed by atoms with Gasteiger partial charge in [0.25, 0.3) is 0 Å². The fourth-order valence-corrected chi connectivity index (χ4v) is 2.96. The molecule has 0 atom stereocenters. The molecule has 1 aliphatic carbocycles. The van der Waals surface area contributed by atoms with Crippen molar-refractivity contribution in [2.24, 2.45) is 5.92 Å². The second kappa shape index (κ2) is 7.31. The van der Waals surface area contributed by atoms with Crippen molar-refractivity contribution in [1.82, 2.24) is 5.32 Å². The van der Waals surface area contributed by atoms with Gasteiger partial charge in [-0.3, -0.25) is 0 Å². The number of hydrogen-bond acceptors (Lipinski definition) is 2. The number of rotatable bonds is 5. The number of anilines is 1. The smallest absolute Gasteiger partial charge is 0.339 e. The number of nitrogens with one attached hydrogen (secondary N) is 2. The Labute approximate surface area is 128 Å². The SMILES string of the molecule is O=C(NCCC1CCCC1)Nc1cccc(Cl)c1C(=O)O. The second-order valence-electron chi connectivity index (χ2n) is 5.29. The number of urea groups is 1. The van der Waals surface area contributed by atoms with E-state index >= 15 is 0 Å². The molecule has 0 bridgehead atoms. The highest BCUT2D eigenvalue weighted by molar-refractivity contribution is 6.34. The molecule has 2 rings (SSSR count). The molecule has 3 N–H and O–H groups in total. The lowest BCUT2D eigenvalue weighted by atomic mass is 10.0. The first-order valence-corrected chi connectivity index (χ1v) is 7.52. The predicted octanol–water partition coefficient (Wildman–Crippen LogP) is 3.74. The standard InChI is InChI=1S/C15H19ClN2O3/c16-11-6-3-7-12(13(11)14(19)20)18-15(21)17-9-8-10-4-1-2-5-10/h3,6-7,10H,1-2,4-5,8-9H2,(H,19,20)(H2,17,18,21). The summed E-state index contributed by atoms with van der Waals surface area (Å²) in [4.78, 5) is 23.0. The Kier molecular flexibility index (Phi) is 5.44. The molecule has 2 amide bonds. The lowest BCUT2D eigenvalue weighted by Crippen LogP contribution is -2.31. The lowest BCUT2D eigenvalue weighted by Gasteiger charge is -2.12. The fourth-order valence-electron chi connectivity index (χ4n) is 2.70. The summed E-state index contributed by atoms with van der Waals surface area (Å²) in [5.41, 5.74) is 0.110. The summed E-state index contributed by atoms with van der Waals surface area (Å²) in [6.07, 6.45) is 6.00. The van der Waals surface area contributed by atoms with Gasteiger partial charge < -0.3 is 15.7 Å². The monoisotopic (exact) mass is 310 g/mol. The van der Waals surface area contributed by atoms with E-state index in [0.717, 1.165) is 6.42 Å². The Morgan fingerprint density at radius 3 is 2.67 bits per heavy atom. The maximum Gasteiger partial charge on any atom is 0.339 e. The van der Waals surface area contributed by atoms with E-state index in [-0.39, 0.29) is 16.3 Å². The van der Waals surface area contributed by atoms with Gasteiger partial charge in [0.2, 0.25) is 0 Å². The van der Waals surface area contributed by atoms with Crippen LogP contribution in [0.2, 0.25) is 5.02 Å². The topological polar surface area (TPSA) is 78.4 Å². The largest absolute Gasteiger partial charge is 0.478 e. The van der Waals surface area contributed by atoms with Gasteiger partial charge in [-0.2, -0.15) is 0 Å². The van der Waals surface area contributed by atoms with Crippen molar-refractivity contribution in [3.8, 4) is 0 Å². The maximum atomic E-state index is 11.8. The zero-order valence-corrected chi connectivity index (χ0v) is 12.4. The fraction of sp³-hybridized carbons (Fsp3) is 0.467. The number of carbonyl (C=O) groups excluding carboxylic acids is 1. The van der Waals surface area contributed by atoms with Crippen LogP contribution in [-0.2, 0) is 0 Å². The molecule has 1 aromatic rings. The summed E-state index contributed by atoms with van der Waals surface area (Å²) in [7, 11) is 0. The van der Waals surface area contributed by atoms with Gasteiger partial charge in [0.15, 0.2) is 0 Å². The molecule has 21 heavy (non-hydrogen) atoms. The molecular weight excluding hydrogens is 292 g/mol. The van der Waals surface area contributed by atoms with E-state index in [1.165, 1.54) is 37.8 Å². The molecule has 0 unspecified atom stereocenters. The highest BCUT2D eigenvalue weighted by Gasteiger charge is 2.17. The Balaban J connectivity index is 1.87. The van der Waals surface area contributed by atoms with Crippen LogP contribution < -0.4 is 10.6 Å². The Bertz CT molecular complexity index is 528. The predicted molar refractivity (Wildman–Crippen MR) is 82.0 cm³/mol. The van der Waals surface area contributed by atoms with Crippen molar-refractivity contribution in [2.75, 3.05) is 11.9 Å². The highest BCUT2D eigenvalue weighted by atomic mass is 35.5. The van der Waals surface area contributed by atoms with Crippen LogP contribution >= 0.6 is 11.6 Å². The average molecular weight is 311 g/mol. The van der Waals surface area contributed by atoms with Crippen molar-refractivity contribution in [2.45, 2.75) is 32.1 Å². The van der Waals surface area contributed by atoms with Crippen molar-refractivity contribution in [3.63, 3.8) is 0 Å². The number of amides is 2. The zero-order chi connectivity index (χ0) is 15.2. The minimum Gasteiger partial charge on any atom is -0.478 e. The van der Waals surface area contributed by atoms with E-state index in [4.69, 9.17) is 16.7 Å². The van der Waals surface area contributed by atoms with Crippen molar-refractivity contribution >= 4 is 29.3 Å². The van der Waals surface area contributed by atoms with Gasteiger partial charge in [0.1, 0.15) is 5.56 Å². The summed E-state index contributed by atoms with van der Waals surface area (Å²) < 4.78 is 0. The number of halogens is 1. The van der Waals surface area contributed by atoms with E-state index in [1.54, 1.807) is 6.07 Å². The third kappa shape index (κ3) is 4.36. The van der Waals surface area contributed by atoms with E-state index in [9.17, 15) is 9.59 Å². The first kappa shape index (κ1) is 15.6. The van der Waals surface area contributed by atoms with Gasteiger partial charge in [0, 0.05) is 6.54 Å². The zero-order valence-electron chi connectivity index (χ0n) is 11.7. The first-order valence-electron chi connectivity index (χ1n) is 7.14. The third-order valence-electron chi connectivity index (χ3n) is 3.79. The summed E-state index contributed by atoms with van der Waals surface area (Å²) >= 11 is 5.85. The quantitative estimate of drug-likeness (QED) is 0.775. The summed E-state index contributed by atoms with van der Waals surface area (Å²) in [5, 5.41) is 14.5. The van der Waals surface area contributed by atoms with Gasteiger partial charge in [0.05, 0.1) is 10.7 Å². The molecule has 5 nitrogen and oxygen atoms in total. The average Bonchev–Trinajstić information content (AvgIpc) is 2.91. The first-order chi connectivity index (χ1) is 10.1. The summed E-state index contributed by atoms with van der Waals surface area (Å²) in [5.74, 6) is -0.465. The minimum atomic E-state index is -1.16. The number of aromatic carboxylic acids is 1. The van der Waals surface area contributed by atoms with Crippen LogP contribution in [0.5, 0.6) is 0 Å². The van der Waals surface area contributed by atoms with Gasteiger partial charge >= 0.3 is 12.0 Å². The van der Waals surface area contributed by atoms with Crippen molar-refractivity contribution in [1.29, 1.82) is 0 Å². The van der Waals surface area contributed by atoms with E-state index < -0.39 is 12.0 Å². The summed E-state index contributed by atoms with van der Waals surface area (Å²) in [6, 6.07) is 4.20. The van der Waals surface area contributed by atoms with Crippen LogP contribution in [0.25, 0.3) is 0 Å². The number of benzene rings is 1. The molecule has 0 aromatic heterocycles. The van der Waals surface area contributed by atoms with E-state index in [1.807, 2.05) is 0 Å². The van der Waals surface area contributed by atoms with Crippen LogP contribution in [0.1, 0.15) is 42.5 Å². The van der Waals surface area contributed by atoms with Crippen LogP contribution in [0.4, 0.5) is 10.5 Å². The van der Waals surface area contributed by atoms with Crippen molar-refractivity contribution in [3.05, 3.63) is 28.8 Å². The molecule has 1 aromatic carbocycles. The number of carboxylic acids is 1.